The molecule has 0 aliphatic carbocycles. The lowest BCUT2D eigenvalue weighted by Gasteiger charge is -2.34. The third kappa shape index (κ3) is 3.59. The minimum atomic E-state index is -3.27. The highest BCUT2D eigenvalue weighted by atomic mass is 32.2. The predicted octanol–water partition coefficient (Wildman–Crippen LogP) is 2.27. The van der Waals surface area contributed by atoms with Crippen LogP contribution in [-0.2, 0) is 22.4 Å². The Balaban J connectivity index is 2.17. The van der Waals surface area contributed by atoms with E-state index < -0.39 is 10.0 Å². The van der Waals surface area contributed by atoms with Gasteiger partial charge in [0.15, 0.2) is 0 Å². The third-order valence-electron chi connectivity index (χ3n) is 3.92. The average molecular weight is 297 g/mol. The molecule has 0 aromatic heterocycles. The topological polar surface area (TPSA) is 57.6 Å². The van der Waals surface area contributed by atoms with E-state index in [1.165, 1.54) is 0 Å². The molecule has 1 aliphatic rings. The van der Waals surface area contributed by atoms with Crippen molar-refractivity contribution in [3.05, 3.63) is 35.4 Å². The Hall–Kier alpha value is -0.910. The molecule has 0 bridgehead atoms. The summed E-state index contributed by atoms with van der Waals surface area (Å²) >= 11 is 0. The van der Waals surface area contributed by atoms with E-state index in [0.717, 1.165) is 36.8 Å². The van der Waals surface area contributed by atoms with Crippen molar-refractivity contribution in [2.75, 3.05) is 6.54 Å². The molecule has 4 nitrogen and oxygen atoms in total. The van der Waals surface area contributed by atoms with Crippen LogP contribution in [-0.4, -0.2) is 30.4 Å². The monoisotopic (exact) mass is 297 g/mol. The molecule has 1 N–H and O–H groups in total. The lowest BCUT2D eigenvalue weighted by Crippen LogP contribution is -2.43. The second-order valence-corrected chi connectivity index (χ2v) is 7.32. The molecule has 1 atom stereocenters. The van der Waals surface area contributed by atoms with Crippen LogP contribution in [0.5, 0.6) is 0 Å². The van der Waals surface area contributed by atoms with Crippen molar-refractivity contribution in [2.45, 2.75) is 51.0 Å². The summed E-state index contributed by atoms with van der Waals surface area (Å²) in [6.45, 7) is 2.63. The standard InChI is InChI=1S/C15H23NO3S/c1-2-15-8-3-4-9-16(15)20(18,19)12-14-7-5-6-13(10-14)11-17/h5-7,10,15,17H,2-4,8-9,11-12H2,1H3. The Morgan fingerprint density at radius 1 is 1.30 bits per heavy atom. The summed E-state index contributed by atoms with van der Waals surface area (Å²) in [6, 6.07) is 7.31. The van der Waals surface area contributed by atoms with Crippen molar-refractivity contribution in [1.82, 2.24) is 4.31 Å². The summed E-state index contributed by atoms with van der Waals surface area (Å²) in [6.07, 6.45) is 3.90. The van der Waals surface area contributed by atoms with E-state index in [9.17, 15) is 8.42 Å². The van der Waals surface area contributed by atoms with E-state index in [0.29, 0.717) is 6.54 Å². The van der Waals surface area contributed by atoms with E-state index in [-0.39, 0.29) is 18.4 Å². The van der Waals surface area contributed by atoms with Gasteiger partial charge in [0.25, 0.3) is 0 Å². The number of aliphatic hydroxyl groups is 1. The summed E-state index contributed by atoms with van der Waals surface area (Å²) in [5, 5.41) is 9.13. The van der Waals surface area contributed by atoms with Crippen molar-refractivity contribution < 1.29 is 13.5 Å². The van der Waals surface area contributed by atoms with Gasteiger partial charge in [0.1, 0.15) is 0 Å². The smallest absolute Gasteiger partial charge is 0.218 e. The first-order chi connectivity index (χ1) is 9.56. The van der Waals surface area contributed by atoms with Crippen molar-refractivity contribution in [3.63, 3.8) is 0 Å². The summed E-state index contributed by atoms with van der Waals surface area (Å²) in [5.41, 5.74) is 1.50. The molecule has 5 heteroatoms. The summed E-state index contributed by atoms with van der Waals surface area (Å²) in [7, 11) is -3.27. The van der Waals surface area contributed by atoms with Gasteiger partial charge in [-0.1, -0.05) is 37.6 Å². The molecule has 0 saturated carbocycles. The van der Waals surface area contributed by atoms with Crippen LogP contribution in [0.15, 0.2) is 24.3 Å². The largest absolute Gasteiger partial charge is 0.392 e. The summed E-state index contributed by atoms with van der Waals surface area (Å²) < 4.78 is 26.9. The lowest BCUT2D eigenvalue weighted by atomic mass is 10.0. The van der Waals surface area contributed by atoms with Gasteiger partial charge in [0.05, 0.1) is 12.4 Å². The van der Waals surface area contributed by atoms with Crippen molar-refractivity contribution in [1.29, 1.82) is 0 Å². The van der Waals surface area contributed by atoms with Crippen LogP contribution >= 0.6 is 0 Å². The Bertz CT molecular complexity index is 542. The number of nitrogens with zero attached hydrogens (tertiary/aromatic N) is 1. The van der Waals surface area contributed by atoms with Crippen LogP contribution in [0.25, 0.3) is 0 Å². The van der Waals surface area contributed by atoms with Gasteiger partial charge in [-0.25, -0.2) is 8.42 Å². The first kappa shape index (κ1) is 15.5. The quantitative estimate of drug-likeness (QED) is 0.907. The Kier molecular flexibility index (Phi) is 5.18. The SMILES string of the molecule is CCC1CCCCN1S(=O)(=O)Cc1cccc(CO)c1. The maximum absolute atomic E-state index is 12.6. The molecule has 1 unspecified atom stereocenters. The fraction of sp³-hybridized carbons (Fsp3) is 0.600. The van der Waals surface area contributed by atoms with Gasteiger partial charge in [-0.15, -0.1) is 0 Å². The molecular formula is C15H23NO3S. The van der Waals surface area contributed by atoms with Crippen LogP contribution < -0.4 is 0 Å². The molecule has 1 aromatic rings. The Morgan fingerprint density at radius 2 is 2.05 bits per heavy atom. The molecule has 112 valence electrons. The highest BCUT2D eigenvalue weighted by Gasteiger charge is 2.31. The lowest BCUT2D eigenvalue weighted by molar-refractivity contribution is 0.246. The minimum Gasteiger partial charge on any atom is -0.392 e. The molecule has 1 heterocycles. The molecule has 0 spiro atoms. The predicted molar refractivity (Wildman–Crippen MR) is 79.6 cm³/mol. The van der Waals surface area contributed by atoms with Crippen LogP contribution in [0, 0.1) is 0 Å². The first-order valence-electron chi connectivity index (χ1n) is 7.25. The highest BCUT2D eigenvalue weighted by Crippen LogP contribution is 2.24. The minimum absolute atomic E-state index is 0.0251. The number of rotatable bonds is 5. The van der Waals surface area contributed by atoms with Gasteiger partial charge in [0, 0.05) is 12.6 Å². The molecular weight excluding hydrogens is 274 g/mol. The second kappa shape index (κ2) is 6.70. The average Bonchev–Trinajstić information content (AvgIpc) is 2.47. The zero-order valence-corrected chi connectivity index (χ0v) is 12.8. The van der Waals surface area contributed by atoms with Gasteiger partial charge in [-0.3, -0.25) is 0 Å². The van der Waals surface area contributed by atoms with E-state index in [2.05, 4.69) is 0 Å². The molecule has 1 aromatic carbocycles. The Labute approximate surface area is 121 Å². The van der Waals surface area contributed by atoms with E-state index in [1.54, 1.807) is 22.5 Å². The van der Waals surface area contributed by atoms with Gasteiger partial charge in [-0.05, 0) is 30.4 Å². The van der Waals surface area contributed by atoms with Crippen LogP contribution in [0.4, 0.5) is 0 Å². The zero-order chi connectivity index (χ0) is 14.6. The first-order valence-corrected chi connectivity index (χ1v) is 8.86. The van der Waals surface area contributed by atoms with E-state index >= 15 is 0 Å². The molecule has 1 fully saturated rings. The second-order valence-electron chi connectivity index (χ2n) is 5.40. The number of aliphatic hydroxyl groups excluding tert-OH is 1. The fourth-order valence-electron chi connectivity index (χ4n) is 2.86. The number of piperidine rings is 1. The maximum Gasteiger partial charge on any atom is 0.218 e. The number of benzene rings is 1. The molecule has 20 heavy (non-hydrogen) atoms. The summed E-state index contributed by atoms with van der Waals surface area (Å²) in [4.78, 5) is 0. The van der Waals surface area contributed by atoms with Crippen LogP contribution in [0.2, 0.25) is 0 Å². The maximum atomic E-state index is 12.6. The molecule has 0 radical (unpaired) electrons. The van der Waals surface area contributed by atoms with E-state index in [4.69, 9.17) is 5.11 Å². The molecule has 2 rings (SSSR count). The zero-order valence-electron chi connectivity index (χ0n) is 12.0. The van der Waals surface area contributed by atoms with E-state index in [1.807, 2.05) is 13.0 Å². The number of sulfonamides is 1. The van der Waals surface area contributed by atoms with Gasteiger partial charge >= 0.3 is 0 Å². The third-order valence-corrected chi connectivity index (χ3v) is 5.82. The molecule has 1 saturated heterocycles. The van der Waals surface area contributed by atoms with Gasteiger partial charge in [0.2, 0.25) is 10.0 Å². The molecule has 0 amide bonds. The summed E-state index contributed by atoms with van der Waals surface area (Å²) in [5.74, 6) is 0.0251. The van der Waals surface area contributed by atoms with Crippen molar-refractivity contribution >= 4 is 10.0 Å². The molecule has 1 aliphatic heterocycles. The number of hydrogen-bond acceptors (Lipinski definition) is 3. The van der Waals surface area contributed by atoms with Crippen molar-refractivity contribution in [2.24, 2.45) is 0 Å². The highest BCUT2D eigenvalue weighted by molar-refractivity contribution is 7.88. The number of hydrogen-bond donors (Lipinski definition) is 1. The van der Waals surface area contributed by atoms with Crippen molar-refractivity contribution in [3.8, 4) is 0 Å². The normalized spacial score (nSPS) is 21.0. The van der Waals surface area contributed by atoms with Crippen LogP contribution in [0.1, 0.15) is 43.7 Å². The van der Waals surface area contributed by atoms with Gasteiger partial charge in [-0.2, -0.15) is 4.31 Å². The fourth-order valence-corrected chi connectivity index (χ4v) is 4.74. The van der Waals surface area contributed by atoms with Gasteiger partial charge < -0.3 is 5.11 Å². The Morgan fingerprint density at radius 3 is 2.75 bits per heavy atom. The van der Waals surface area contributed by atoms with Crippen LogP contribution in [0.3, 0.4) is 0 Å².